The van der Waals surface area contributed by atoms with E-state index in [0.717, 1.165) is 6.07 Å². The van der Waals surface area contributed by atoms with Gasteiger partial charge in [-0.15, -0.1) is 0 Å². The number of benzene rings is 1. The molecule has 0 saturated carbocycles. The van der Waals surface area contributed by atoms with Gasteiger partial charge in [0.05, 0.1) is 11.5 Å². The first kappa shape index (κ1) is 17.5. The Hall–Kier alpha value is -1.60. The minimum atomic E-state index is -3.72. The molecule has 7 heteroatoms. The molecule has 0 radical (unpaired) electrons. The quantitative estimate of drug-likeness (QED) is 0.834. The van der Waals surface area contributed by atoms with E-state index in [1.165, 1.54) is 23.5 Å². The van der Waals surface area contributed by atoms with Crippen LogP contribution in [0.5, 0.6) is 5.75 Å². The minimum Gasteiger partial charge on any atom is -0.493 e. The predicted molar refractivity (Wildman–Crippen MR) is 79.3 cm³/mol. The summed E-state index contributed by atoms with van der Waals surface area (Å²) >= 11 is 0. The summed E-state index contributed by atoms with van der Waals surface area (Å²) in [7, 11) is -2.24. The fourth-order valence-electron chi connectivity index (χ4n) is 1.78. The highest BCUT2D eigenvalue weighted by Gasteiger charge is 2.26. The second kappa shape index (κ2) is 6.91. The van der Waals surface area contributed by atoms with Crippen LogP contribution in [0.2, 0.25) is 0 Å². The molecule has 0 heterocycles. The molecule has 1 aromatic carbocycles. The second-order valence-electron chi connectivity index (χ2n) is 4.67. The van der Waals surface area contributed by atoms with Crippen molar-refractivity contribution in [3.05, 3.63) is 23.8 Å². The minimum absolute atomic E-state index is 0.0499. The van der Waals surface area contributed by atoms with E-state index in [1.54, 1.807) is 13.8 Å². The van der Waals surface area contributed by atoms with Gasteiger partial charge in [0, 0.05) is 13.1 Å². The van der Waals surface area contributed by atoms with Gasteiger partial charge in [0.1, 0.15) is 11.3 Å². The van der Waals surface area contributed by atoms with Gasteiger partial charge in [-0.2, -0.15) is 4.31 Å². The Bertz CT molecular complexity index is 612. The molecule has 1 N–H and O–H groups in total. The van der Waals surface area contributed by atoms with Gasteiger partial charge < -0.3 is 9.84 Å². The molecular weight excluding hydrogens is 294 g/mol. The SMILES string of the molecule is CCOc1ccc(S(=O)(=O)N(C)C(C)CC)cc1C(=O)O. The smallest absolute Gasteiger partial charge is 0.339 e. The lowest BCUT2D eigenvalue weighted by molar-refractivity contribution is 0.0692. The Morgan fingerprint density at radius 2 is 2.00 bits per heavy atom. The first-order valence-electron chi connectivity index (χ1n) is 6.73. The number of hydrogen-bond donors (Lipinski definition) is 1. The predicted octanol–water partition coefficient (Wildman–Crippen LogP) is 2.20. The molecule has 0 bridgehead atoms. The number of rotatable bonds is 7. The number of carbonyl (C=O) groups is 1. The van der Waals surface area contributed by atoms with Gasteiger partial charge >= 0.3 is 5.97 Å². The molecule has 0 amide bonds. The van der Waals surface area contributed by atoms with Gasteiger partial charge in [-0.1, -0.05) is 6.92 Å². The van der Waals surface area contributed by atoms with Crippen molar-refractivity contribution in [2.24, 2.45) is 0 Å². The third-order valence-electron chi connectivity index (χ3n) is 3.37. The van der Waals surface area contributed by atoms with Crippen molar-refractivity contribution < 1.29 is 23.1 Å². The van der Waals surface area contributed by atoms with E-state index in [1.807, 2.05) is 6.92 Å². The largest absolute Gasteiger partial charge is 0.493 e. The highest BCUT2D eigenvalue weighted by Crippen LogP contribution is 2.25. The van der Waals surface area contributed by atoms with E-state index in [2.05, 4.69) is 0 Å². The fourth-order valence-corrected chi connectivity index (χ4v) is 3.24. The van der Waals surface area contributed by atoms with E-state index in [4.69, 9.17) is 4.74 Å². The molecule has 0 aromatic heterocycles. The maximum absolute atomic E-state index is 12.5. The zero-order chi connectivity index (χ0) is 16.2. The molecule has 0 saturated heterocycles. The van der Waals surface area contributed by atoms with Gasteiger partial charge in [-0.05, 0) is 38.5 Å². The third kappa shape index (κ3) is 3.74. The summed E-state index contributed by atoms with van der Waals surface area (Å²) in [5, 5.41) is 9.19. The summed E-state index contributed by atoms with van der Waals surface area (Å²) in [5.74, 6) is -1.06. The van der Waals surface area contributed by atoms with Crippen LogP contribution in [0, 0.1) is 0 Å². The third-order valence-corrected chi connectivity index (χ3v) is 5.34. The van der Waals surface area contributed by atoms with Crippen LogP contribution in [0.1, 0.15) is 37.6 Å². The number of aromatic carboxylic acids is 1. The molecule has 0 spiro atoms. The van der Waals surface area contributed by atoms with E-state index >= 15 is 0 Å². The lowest BCUT2D eigenvalue weighted by Gasteiger charge is -2.23. The van der Waals surface area contributed by atoms with Gasteiger partial charge in [0.25, 0.3) is 0 Å². The second-order valence-corrected chi connectivity index (χ2v) is 6.67. The summed E-state index contributed by atoms with van der Waals surface area (Å²) in [6, 6.07) is 3.71. The molecular formula is C14H21NO5S. The summed E-state index contributed by atoms with van der Waals surface area (Å²) in [4.78, 5) is 11.2. The van der Waals surface area contributed by atoms with Crippen LogP contribution in [0.4, 0.5) is 0 Å². The van der Waals surface area contributed by atoms with Gasteiger partial charge in [0.2, 0.25) is 10.0 Å². The van der Waals surface area contributed by atoms with Crippen LogP contribution in [0.3, 0.4) is 0 Å². The van der Waals surface area contributed by atoms with Gasteiger partial charge in [0.15, 0.2) is 0 Å². The first-order valence-corrected chi connectivity index (χ1v) is 8.17. The van der Waals surface area contributed by atoms with E-state index in [0.29, 0.717) is 13.0 Å². The Kier molecular flexibility index (Phi) is 5.74. The van der Waals surface area contributed by atoms with E-state index in [-0.39, 0.29) is 22.3 Å². The molecule has 0 aliphatic carbocycles. The summed E-state index contributed by atoms with van der Waals surface area (Å²) < 4.78 is 31.4. The van der Waals surface area contributed by atoms with Crippen LogP contribution < -0.4 is 4.74 Å². The van der Waals surface area contributed by atoms with Crippen LogP contribution in [0.15, 0.2) is 23.1 Å². The Morgan fingerprint density at radius 3 is 2.48 bits per heavy atom. The van der Waals surface area contributed by atoms with Crippen LogP contribution in [0.25, 0.3) is 0 Å². The standard InChI is InChI=1S/C14H21NO5S/c1-5-10(3)15(4)21(18,19)11-7-8-13(20-6-2)12(9-11)14(16)17/h7-10H,5-6H2,1-4H3,(H,16,17). The Balaban J connectivity index is 3.32. The lowest BCUT2D eigenvalue weighted by Crippen LogP contribution is -2.34. The average Bonchev–Trinajstić information content (AvgIpc) is 2.45. The molecule has 0 aliphatic heterocycles. The molecule has 118 valence electrons. The van der Waals surface area contributed by atoms with Crippen molar-refractivity contribution in [1.29, 1.82) is 0 Å². The maximum atomic E-state index is 12.5. The molecule has 6 nitrogen and oxygen atoms in total. The van der Waals surface area contributed by atoms with Crippen LogP contribution >= 0.6 is 0 Å². The zero-order valence-corrected chi connectivity index (χ0v) is 13.5. The number of sulfonamides is 1. The average molecular weight is 315 g/mol. The highest BCUT2D eigenvalue weighted by atomic mass is 32.2. The van der Waals surface area contributed by atoms with Crippen LogP contribution in [-0.4, -0.2) is 43.5 Å². The summed E-state index contributed by atoms with van der Waals surface area (Å²) in [6.07, 6.45) is 0.665. The summed E-state index contributed by atoms with van der Waals surface area (Å²) in [6.45, 7) is 5.72. The molecule has 1 atom stereocenters. The number of carboxylic acid groups (broad SMARTS) is 1. The van der Waals surface area contributed by atoms with Gasteiger partial charge in [-0.3, -0.25) is 0 Å². The Morgan fingerprint density at radius 1 is 1.38 bits per heavy atom. The number of nitrogens with zero attached hydrogens (tertiary/aromatic N) is 1. The van der Waals surface area contributed by atoms with Crippen molar-refractivity contribution in [1.82, 2.24) is 4.31 Å². The summed E-state index contributed by atoms with van der Waals surface area (Å²) in [5.41, 5.74) is -0.157. The van der Waals surface area contributed by atoms with Crippen LogP contribution in [-0.2, 0) is 10.0 Å². The number of carboxylic acids is 1. The normalized spacial score (nSPS) is 13.2. The van der Waals surface area contributed by atoms with Crippen molar-refractivity contribution >= 4 is 16.0 Å². The molecule has 1 rings (SSSR count). The van der Waals surface area contributed by atoms with Crippen molar-refractivity contribution in [3.8, 4) is 5.75 Å². The van der Waals surface area contributed by atoms with Crippen molar-refractivity contribution in [3.63, 3.8) is 0 Å². The topological polar surface area (TPSA) is 83.9 Å². The lowest BCUT2D eigenvalue weighted by atomic mass is 10.2. The van der Waals surface area contributed by atoms with Crippen molar-refractivity contribution in [2.45, 2.75) is 38.1 Å². The molecule has 1 aromatic rings. The van der Waals surface area contributed by atoms with E-state index < -0.39 is 16.0 Å². The maximum Gasteiger partial charge on any atom is 0.339 e. The highest BCUT2D eigenvalue weighted by molar-refractivity contribution is 7.89. The molecule has 1 unspecified atom stereocenters. The number of hydrogen-bond acceptors (Lipinski definition) is 4. The number of ether oxygens (including phenoxy) is 1. The monoisotopic (exact) mass is 315 g/mol. The molecule has 0 aliphatic rings. The van der Waals surface area contributed by atoms with E-state index in [9.17, 15) is 18.3 Å². The molecule has 0 fully saturated rings. The zero-order valence-electron chi connectivity index (χ0n) is 12.7. The molecule has 21 heavy (non-hydrogen) atoms. The van der Waals surface area contributed by atoms with Gasteiger partial charge in [-0.25, -0.2) is 13.2 Å². The Labute approximate surface area is 125 Å². The van der Waals surface area contributed by atoms with Crippen molar-refractivity contribution in [2.75, 3.05) is 13.7 Å². The first-order chi connectivity index (χ1) is 9.75. The fraction of sp³-hybridized carbons (Fsp3) is 0.500.